The molecule has 0 spiro atoms. The van der Waals surface area contributed by atoms with Crippen LogP contribution >= 0.6 is 27.5 Å². The zero-order valence-electron chi connectivity index (χ0n) is 11.4. The number of anilines is 1. The van der Waals surface area contributed by atoms with E-state index >= 15 is 0 Å². The fraction of sp³-hybridized carbons (Fsp3) is 0.167. The average Bonchev–Trinajstić information content (AvgIpc) is 2.71. The summed E-state index contributed by atoms with van der Waals surface area (Å²) in [6.45, 7) is 1.02. The van der Waals surface area contributed by atoms with E-state index in [1.807, 2.05) is 0 Å². The number of halogens is 4. The molecule has 2 aromatic rings. The molecule has 0 fully saturated rings. The quantitative estimate of drug-likeness (QED) is 0.619. The number of hydrogen-bond acceptors (Lipinski definition) is 4. The lowest BCUT2D eigenvalue weighted by molar-refractivity contribution is -0.389. The summed E-state index contributed by atoms with van der Waals surface area (Å²) in [5.74, 6) is -3.07. The van der Waals surface area contributed by atoms with Gasteiger partial charge in [0.15, 0.2) is 10.8 Å². The smallest absolute Gasteiger partial charge is 0.358 e. The van der Waals surface area contributed by atoms with Crippen molar-refractivity contribution in [3.05, 3.63) is 49.1 Å². The van der Waals surface area contributed by atoms with Gasteiger partial charge < -0.3 is 15.4 Å². The van der Waals surface area contributed by atoms with Crippen LogP contribution < -0.4 is 5.32 Å². The Balaban J connectivity index is 2.21. The highest BCUT2D eigenvalue weighted by molar-refractivity contribution is 9.10. The first kappa shape index (κ1) is 17.3. The topological polar surface area (TPSA) is 90.1 Å². The molecule has 0 aliphatic heterocycles. The van der Waals surface area contributed by atoms with E-state index in [-0.39, 0.29) is 20.9 Å². The number of nitro groups is 1. The van der Waals surface area contributed by atoms with Gasteiger partial charge >= 0.3 is 5.82 Å². The van der Waals surface area contributed by atoms with Gasteiger partial charge in [-0.25, -0.2) is 8.78 Å². The normalized spacial score (nSPS) is 10.7. The van der Waals surface area contributed by atoms with Crippen LogP contribution in [0, 0.1) is 28.7 Å². The Labute approximate surface area is 141 Å². The van der Waals surface area contributed by atoms with Gasteiger partial charge in [-0.3, -0.25) is 4.79 Å². The molecule has 1 aromatic carbocycles. The van der Waals surface area contributed by atoms with E-state index in [1.54, 1.807) is 0 Å². The first-order valence-corrected chi connectivity index (χ1v) is 7.19. The van der Waals surface area contributed by atoms with E-state index in [4.69, 9.17) is 11.6 Å². The van der Waals surface area contributed by atoms with Crippen molar-refractivity contribution in [2.24, 2.45) is 0 Å². The number of carbonyl (C=O) groups is 1. The number of aromatic nitrogens is 2. The molecule has 0 radical (unpaired) electrons. The summed E-state index contributed by atoms with van der Waals surface area (Å²) in [6, 6.07) is 1.60. The number of nitrogens with zero attached hydrogens (tertiary/aromatic N) is 3. The van der Waals surface area contributed by atoms with Gasteiger partial charge in [0.1, 0.15) is 12.4 Å². The maximum absolute atomic E-state index is 13.6. The molecule has 0 unspecified atom stereocenters. The minimum absolute atomic E-state index is 0.0181. The number of hydrogen-bond donors (Lipinski definition) is 1. The largest absolute Gasteiger partial charge is 0.408 e. The molecule has 11 heteroatoms. The third-order valence-corrected chi connectivity index (χ3v) is 3.92. The van der Waals surface area contributed by atoms with Crippen LogP contribution in [-0.4, -0.2) is 20.6 Å². The Morgan fingerprint density at radius 2 is 2.17 bits per heavy atom. The van der Waals surface area contributed by atoms with Gasteiger partial charge in [0, 0.05) is 10.5 Å². The Morgan fingerprint density at radius 3 is 2.70 bits per heavy atom. The summed E-state index contributed by atoms with van der Waals surface area (Å²) in [5, 5.41) is 16.4. The number of amides is 1. The van der Waals surface area contributed by atoms with E-state index in [0.717, 1.165) is 10.7 Å². The Morgan fingerprint density at radius 1 is 1.52 bits per heavy atom. The minimum atomic E-state index is -0.966. The molecule has 0 saturated heterocycles. The number of nitrogens with one attached hydrogen (secondary N) is 1. The second kappa shape index (κ2) is 6.59. The molecule has 0 bridgehead atoms. The fourth-order valence-corrected chi connectivity index (χ4v) is 2.47. The molecule has 122 valence electrons. The van der Waals surface area contributed by atoms with E-state index < -0.39 is 34.8 Å². The molecule has 23 heavy (non-hydrogen) atoms. The van der Waals surface area contributed by atoms with Crippen LogP contribution in [0.1, 0.15) is 5.69 Å². The maximum atomic E-state index is 13.6. The first-order valence-electron chi connectivity index (χ1n) is 6.02. The number of carbonyl (C=O) groups excluding carboxylic acids is 1. The lowest BCUT2D eigenvalue weighted by atomic mass is 10.3. The molecule has 7 nitrogen and oxygen atoms in total. The van der Waals surface area contributed by atoms with Gasteiger partial charge in [-0.1, -0.05) is 11.6 Å². The SMILES string of the molecule is Cc1c(Cl)c([N+](=O)[O-])nn1CC(=O)Nc1c(F)cc(F)cc1Br. The predicted octanol–water partition coefficient (Wildman–Crippen LogP) is 3.43. The molecule has 1 amide bonds. The third kappa shape index (κ3) is 3.64. The predicted molar refractivity (Wildman–Crippen MR) is 81.3 cm³/mol. The third-order valence-electron chi connectivity index (χ3n) is 2.85. The summed E-state index contributed by atoms with van der Waals surface area (Å²) in [6.07, 6.45) is 0. The molecule has 1 aromatic heterocycles. The average molecular weight is 410 g/mol. The Hall–Kier alpha value is -2.07. The maximum Gasteiger partial charge on any atom is 0.408 e. The molecule has 2 rings (SSSR count). The summed E-state index contributed by atoms with van der Waals surface area (Å²) in [4.78, 5) is 21.9. The van der Waals surface area contributed by atoms with Gasteiger partial charge in [-0.15, -0.1) is 0 Å². The Bertz CT molecular complexity index is 789. The summed E-state index contributed by atoms with van der Waals surface area (Å²) < 4.78 is 27.7. The molecule has 1 heterocycles. The van der Waals surface area contributed by atoms with E-state index in [2.05, 4.69) is 26.3 Å². The van der Waals surface area contributed by atoms with Gasteiger partial charge in [-0.05, 0) is 33.8 Å². The van der Waals surface area contributed by atoms with Gasteiger partial charge in [0.2, 0.25) is 5.91 Å². The summed E-state index contributed by atoms with van der Waals surface area (Å²) in [7, 11) is 0. The van der Waals surface area contributed by atoms with Crippen molar-refractivity contribution in [1.29, 1.82) is 0 Å². The molecular weight excluding hydrogens is 402 g/mol. The van der Waals surface area contributed by atoms with Crippen molar-refractivity contribution in [1.82, 2.24) is 9.78 Å². The van der Waals surface area contributed by atoms with E-state index in [9.17, 15) is 23.7 Å². The second-order valence-corrected chi connectivity index (χ2v) is 5.66. The molecule has 1 N–H and O–H groups in total. The van der Waals surface area contributed by atoms with Crippen LogP contribution in [0.25, 0.3) is 0 Å². The van der Waals surface area contributed by atoms with Crippen molar-refractivity contribution < 1.29 is 18.5 Å². The van der Waals surface area contributed by atoms with Gasteiger partial charge in [-0.2, -0.15) is 4.68 Å². The van der Waals surface area contributed by atoms with E-state index in [1.165, 1.54) is 6.92 Å². The summed E-state index contributed by atoms with van der Waals surface area (Å²) in [5.41, 5.74) is -0.0334. The van der Waals surface area contributed by atoms with Crippen LogP contribution in [0.15, 0.2) is 16.6 Å². The minimum Gasteiger partial charge on any atom is -0.358 e. The second-order valence-electron chi connectivity index (χ2n) is 4.43. The lowest BCUT2D eigenvalue weighted by Gasteiger charge is -2.08. The first-order chi connectivity index (χ1) is 10.7. The molecule has 0 aliphatic rings. The van der Waals surface area contributed by atoms with Crippen molar-refractivity contribution in [2.75, 3.05) is 5.32 Å². The Kier molecular flexibility index (Phi) is 4.95. The van der Waals surface area contributed by atoms with Crippen LogP contribution in [0.2, 0.25) is 5.02 Å². The fourth-order valence-electron chi connectivity index (χ4n) is 1.76. The van der Waals surface area contributed by atoms with Crippen LogP contribution in [0.4, 0.5) is 20.3 Å². The van der Waals surface area contributed by atoms with Gasteiger partial charge in [0.25, 0.3) is 0 Å². The van der Waals surface area contributed by atoms with Crippen molar-refractivity contribution in [3.63, 3.8) is 0 Å². The van der Waals surface area contributed by atoms with Crippen LogP contribution in [0.3, 0.4) is 0 Å². The number of benzene rings is 1. The highest BCUT2D eigenvalue weighted by atomic mass is 79.9. The monoisotopic (exact) mass is 408 g/mol. The molecular formula is C12H8BrClF2N4O3. The zero-order chi connectivity index (χ0) is 17.3. The van der Waals surface area contributed by atoms with Crippen LogP contribution in [0.5, 0.6) is 0 Å². The van der Waals surface area contributed by atoms with Crippen molar-refractivity contribution in [2.45, 2.75) is 13.5 Å². The standard InChI is InChI=1S/C12H8BrClF2N4O3/c1-5-10(14)12(20(22)23)18-19(5)4-9(21)17-11-7(13)2-6(15)3-8(11)16/h2-3H,4H2,1H3,(H,17,21). The van der Waals surface area contributed by atoms with Crippen LogP contribution in [-0.2, 0) is 11.3 Å². The van der Waals surface area contributed by atoms with E-state index in [0.29, 0.717) is 6.07 Å². The molecule has 0 atom stereocenters. The lowest BCUT2D eigenvalue weighted by Crippen LogP contribution is -2.21. The number of rotatable bonds is 4. The zero-order valence-corrected chi connectivity index (χ0v) is 13.8. The van der Waals surface area contributed by atoms with Gasteiger partial charge in [0.05, 0.1) is 16.5 Å². The highest BCUT2D eigenvalue weighted by Crippen LogP contribution is 2.28. The van der Waals surface area contributed by atoms with Crippen molar-refractivity contribution in [3.8, 4) is 0 Å². The molecule has 0 aliphatic carbocycles. The highest BCUT2D eigenvalue weighted by Gasteiger charge is 2.25. The van der Waals surface area contributed by atoms with Crippen molar-refractivity contribution >= 4 is 44.9 Å². The molecule has 0 saturated carbocycles. The summed E-state index contributed by atoms with van der Waals surface area (Å²) >= 11 is 8.69.